The number of hydrogen-bond acceptors (Lipinski definition) is 4. The van der Waals surface area contributed by atoms with Gasteiger partial charge in [0.2, 0.25) is 5.95 Å². The molecule has 0 saturated carbocycles. The molecule has 3 unspecified atom stereocenters. The average Bonchev–Trinajstić information content (AvgIpc) is 2.84. The van der Waals surface area contributed by atoms with Gasteiger partial charge in [-0.15, -0.1) is 0 Å². The van der Waals surface area contributed by atoms with E-state index in [0.717, 1.165) is 23.9 Å². The fraction of sp³-hybridized carbons (Fsp3) is 0.522. The highest BCUT2D eigenvalue weighted by Crippen LogP contribution is 2.36. The first-order valence-corrected chi connectivity index (χ1v) is 11.2. The predicted octanol–water partition coefficient (Wildman–Crippen LogP) is 3.16. The number of piperidine rings is 1. The molecule has 3 aliphatic rings. The largest absolute Gasteiger partial charge is 0.395 e. The number of nitrogens with zero attached hydrogens (tertiary/aromatic N) is 3. The van der Waals surface area contributed by atoms with Crippen LogP contribution in [-0.2, 0) is 4.74 Å². The van der Waals surface area contributed by atoms with Crippen LogP contribution in [0, 0.1) is 17.8 Å². The van der Waals surface area contributed by atoms with E-state index in [4.69, 9.17) is 4.74 Å². The number of carbonyl (C=O) groups excluding carboxylic acids is 2. The fourth-order valence-electron chi connectivity index (χ4n) is 4.52. The second kappa shape index (κ2) is 10.1. The molecule has 2 saturated heterocycles. The first-order valence-electron chi connectivity index (χ1n) is 11.2. The van der Waals surface area contributed by atoms with Crippen LogP contribution >= 0.6 is 0 Å². The van der Waals surface area contributed by atoms with Crippen LogP contribution in [-0.4, -0.2) is 78.3 Å². The maximum atomic E-state index is 13.1. The molecular weight excluding hydrogens is 456 g/mol. The zero-order valence-corrected chi connectivity index (χ0v) is 18.4. The van der Waals surface area contributed by atoms with Crippen molar-refractivity contribution < 1.29 is 31.9 Å². The van der Waals surface area contributed by atoms with E-state index in [-0.39, 0.29) is 30.5 Å². The van der Waals surface area contributed by atoms with E-state index >= 15 is 0 Å². The number of nitrogens with one attached hydrogen (secondary N) is 1. The Labute approximate surface area is 194 Å². The van der Waals surface area contributed by atoms with Crippen LogP contribution in [0.1, 0.15) is 23.2 Å². The number of likely N-dealkylation sites (tertiary alicyclic amines) is 1. The molecule has 34 heavy (non-hydrogen) atoms. The molecule has 1 aliphatic carbocycles. The van der Waals surface area contributed by atoms with Gasteiger partial charge in [-0.3, -0.25) is 4.79 Å². The van der Waals surface area contributed by atoms with E-state index < -0.39 is 30.0 Å². The molecule has 2 fully saturated rings. The number of carbonyl (C=O) groups is 2. The first kappa shape index (κ1) is 24.2. The van der Waals surface area contributed by atoms with Crippen LogP contribution in [0.15, 0.2) is 42.1 Å². The summed E-state index contributed by atoms with van der Waals surface area (Å²) in [5.41, 5.74) is 0.905. The highest BCUT2D eigenvalue weighted by atomic mass is 19.4. The Morgan fingerprint density at radius 1 is 1.12 bits per heavy atom. The van der Waals surface area contributed by atoms with Gasteiger partial charge in [0.15, 0.2) is 0 Å². The molecule has 1 aromatic heterocycles. The number of alkyl halides is 3. The van der Waals surface area contributed by atoms with Crippen molar-refractivity contribution in [2.45, 2.75) is 25.1 Å². The monoisotopic (exact) mass is 482 g/mol. The van der Waals surface area contributed by atoms with Crippen LogP contribution < -0.4 is 5.32 Å². The smallest absolute Gasteiger partial charge is 0.378 e. The highest BCUT2D eigenvalue weighted by molar-refractivity contribution is 5.94. The van der Waals surface area contributed by atoms with Gasteiger partial charge in [-0.25, -0.2) is 9.78 Å². The summed E-state index contributed by atoms with van der Waals surface area (Å²) in [6.45, 7) is 2.38. The summed E-state index contributed by atoms with van der Waals surface area (Å²) < 4.78 is 57.6. The van der Waals surface area contributed by atoms with E-state index in [0.29, 0.717) is 39.3 Å². The molecule has 0 radical (unpaired) electrons. The molecule has 3 amide bonds. The lowest BCUT2D eigenvalue weighted by Gasteiger charge is -2.42. The lowest BCUT2D eigenvalue weighted by molar-refractivity contribution is -0.160. The van der Waals surface area contributed by atoms with Crippen LogP contribution in [0.3, 0.4) is 0 Å². The zero-order chi connectivity index (χ0) is 24.3. The van der Waals surface area contributed by atoms with Gasteiger partial charge in [-0.05, 0) is 30.5 Å². The van der Waals surface area contributed by atoms with Crippen molar-refractivity contribution in [3.63, 3.8) is 0 Å². The molecule has 0 aromatic carbocycles. The van der Waals surface area contributed by atoms with Gasteiger partial charge in [-0.2, -0.15) is 17.6 Å². The van der Waals surface area contributed by atoms with Gasteiger partial charge in [0.1, 0.15) is 0 Å². The maximum absolute atomic E-state index is 13.1. The third-order valence-electron chi connectivity index (χ3n) is 6.35. The fourth-order valence-corrected chi connectivity index (χ4v) is 4.52. The van der Waals surface area contributed by atoms with Crippen LogP contribution in [0.4, 0.5) is 22.4 Å². The van der Waals surface area contributed by atoms with Crippen molar-refractivity contribution in [1.29, 1.82) is 0 Å². The van der Waals surface area contributed by atoms with E-state index in [9.17, 15) is 27.2 Å². The molecule has 1 aromatic rings. The molecule has 7 nitrogen and oxygen atoms in total. The topological polar surface area (TPSA) is 74.8 Å². The minimum absolute atomic E-state index is 0.151. The Kier molecular flexibility index (Phi) is 7.20. The third kappa shape index (κ3) is 5.75. The number of ether oxygens (including phenoxy) is 1. The Balaban J connectivity index is 1.50. The number of halogens is 4. The van der Waals surface area contributed by atoms with E-state index in [1.807, 2.05) is 0 Å². The molecule has 3 heterocycles. The van der Waals surface area contributed by atoms with E-state index in [2.05, 4.69) is 10.3 Å². The second-order valence-corrected chi connectivity index (χ2v) is 8.71. The number of urea groups is 1. The normalized spacial score (nSPS) is 25.6. The van der Waals surface area contributed by atoms with Gasteiger partial charge in [0.05, 0.1) is 24.7 Å². The maximum Gasteiger partial charge on any atom is 0.395 e. The Morgan fingerprint density at radius 3 is 2.50 bits per heavy atom. The van der Waals surface area contributed by atoms with Crippen molar-refractivity contribution in [1.82, 2.24) is 20.1 Å². The second-order valence-electron chi connectivity index (χ2n) is 8.71. The summed E-state index contributed by atoms with van der Waals surface area (Å²) in [5.74, 6) is -2.92. The number of pyridine rings is 1. The van der Waals surface area contributed by atoms with Gasteiger partial charge in [-0.1, -0.05) is 18.2 Å². The summed E-state index contributed by atoms with van der Waals surface area (Å²) in [7, 11) is 0. The van der Waals surface area contributed by atoms with Crippen molar-refractivity contribution in [2.24, 2.45) is 11.8 Å². The zero-order valence-electron chi connectivity index (χ0n) is 18.4. The molecular formula is C23H26F4N4O3. The Morgan fingerprint density at radius 2 is 1.88 bits per heavy atom. The van der Waals surface area contributed by atoms with Crippen molar-refractivity contribution in [3.8, 4) is 0 Å². The average molecular weight is 482 g/mol. The number of hydrogen-bond donors (Lipinski definition) is 1. The summed E-state index contributed by atoms with van der Waals surface area (Å²) in [4.78, 5) is 32.6. The molecule has 2 aliphatic heterocycles. The van der Waals surface area contributed by atoms with Crippen molar-refractivity contribution in [3.05, 3.63) is 53.6 Å². The lowest BCUT2D eigenvalue weighted by atomic mass is 9.83. The quantitative estimate of drug-likeness (QED) is 0.531. The van der Waals surface area contributed by atoms with Gasteiger partial charge in [0, 0.05) is 44.3 Å². The molecule has 1 N–H and O–H groups in total. The lowest BCUT2D eigenvalue weighted by Crippen LogP contribution is -2.57. The minimum atomic E-state index is -4.30. The van der Waals surface area contributed by atoms with Crippen LogP contribution in [0.2, 0.25) is 0 Å². The van der Waals surface area contributed by atoms with E-state index in [1.165, 1.54) is 12.1 Å². The Hall–Kier alpha value is -2.95. The molecule has 3 atom stereocenters. The number of allylic oxidation sites excluding steroid dienone is 3. The molecule has 11 heteroatoms. The number of aromatic nitrogens is 1. The predicted molar refractivity (Wildman–Crippen MR) is 114 cm³/mol. The SMILES string of the molecule is O=C(NC1CC(C2=CCC(C(F)(F)F)C=C2)CN(C(=O)N2CCOCC2)C1)c1ccc(F)nc1. The minimum Gasteiger partial charge on any atom is -0.378 e. The standard InChI is InChI=1S/C23H26F4N4O3/c24-20-6-3-16(12-28-20)21(32)29-19-11-17(15-1-4-18(5-2-15)23(25,26)27)13-31(14-19)22(33)30-7-9-34-10-8-30/h1-4,6,12,17-19H,5,7-11,13-14H2,(H,29,32). The number of rotatable bonds is 3. The van der Waals surface area contributed by atoms with E-state index in [1.54, 1.807) is 15.9 Å². The third-order valence-corrected chi connectivity index (χ3v) is 6.35. The molecule has 0 spiro atoms. The summed E-state index contributed by atoms with van der Waals surface area (Å²) in [5, 5.41) is 2.87. The summed E-state index contributed by atoms with van der Waals surface area (Å²) >= 11 is 0. The highest BCUT2D eigenvalue weighted by Gasteiger charge is 2.39. The number of amides is 3. The molecule has 0 bridgehead atoms. The number of morpholine rings is 1. The van der Waals surface area contributed by atoms with Gasteiger partial charge in [0.25, 0.3) is 5.91 Å². The molecule has 4 rings (SSSR count). The Bertz CT molecular complexity index is 958. The van der Waals surface area contributed by atoms with Crippen LogP contribution in [0.25, 0.3) is 0 Å². The van der Waals surface area contributed by atoms with Crippen molar-refractivity contribution in [2.75, 3.05) is 39.4 Å². The van der Waals surface area contributed by atoms with Crippen LogP contribution in [0.5, 0.6) is 0 Å². The molecule has 184 valence electrons. The van der Waals surface area contributed by atoms with Crippen molar-refractivity contribution >= 4 is 11.9 Å². The van der Waals surface area contributed by atoms with Gasteiger partial charge >= 0.3 is 12.2 Å². The summed E-state index contributed by atoms with van der Waals surface area (Å²) in [6, 6.07) is 1.78. The van der Waals surface area contributed by atoms with Gasteiger partial charge < -0.3 is 19.9 Å². The summed E-state index contributed by atoms with van der Waals surface area (Å²) in [6.07, 6.45) is 1.36. The first-order chi connectivity index (χ1) is 16.2.